The van der Waals surface area contributed by atoms with Crippen molar-refractivity contribution in [2.45, 2.75) is 6.54 Å². The summed E-state index contributed by atoms with van der Waals surface area (Å²) in [6.45, 7) is -0.246. The van der Waals surface area contributed by atoms with Crippen molar-refractivity contribution in [3.8, 4) is 16.9 Å². The molecule has 4 rings (SSSR count). The van der Waals surface area contributed by atoms with Crippen molar-refractivity contribution in [2.75, 3.05) is 12.4 Å². The second-order valence-electron chi connectivity index (χ2n) is 6.56. The average Bonchev–Trinajstić information content (AvgIpc) is 3.21. The summed E-state index contributed by atoms with van der Waals surface area (Å²) >= 11 is 1.26. The van der Waals surface area contributed by atoms with Gasteiger partial charge >= 0.3 is 0 Å². The van der Waals surface area contributed by atoms with Crippen molar-refractivity contribution in [3.63, 3.8) is 0 Å². The molecule has 0 aliphatic carbocycles. The summed E-state index contributed by atoms with van der Waals surface area (Å²) in [5.41, 5.74) is 1.10. The first-order valence-electron chi connectivity index (χ1n) is 9.12. The van der Waals surface area contributed by atoms with Gasteiger partial charge in [-0.05, 0) is 17.7 Å². The number of hydrogen-bond acceptors (Lipinski definition) is 7. The lowest BCUT2D eigenvalue weighted by molar-refractivity contribution is -0.384. The average molecular weight is 436 g/mol. The van der Waals surface area contributed by atoms with E-state index in [1.165, 1.54) is 41.5 Å². The van der Waals surface area contributed by atoms with Crippen molar-refractivity contribution in [1.82, 2.24) is 9.55 Å². The minimum atomic E-state index is -0.489. The predicted molar refractivity (Wildman–Crippen MR) is 118 cm³/mol. The summed E-state index contributed by atoms with van der Waals surface area (Å²) in [6, 6.07) is 13.0. The van der Waals surface area contributed by atoms with Crippen LogP contribution in [0.3, 0.4) is 0 Å². The van der Waals surface area contributed by atoms with E-state index < -0.39 is 16.4 Å². The molecule has 1 N–H and O–H groups in total. The van der Waals surface area contributed by atoms with Gasteiger partial charge in [0.1, 0.15) is 17.1 Å². The van der Waals surface area contributed by atoms with Gasteiger partial charge in [0.2, 0.25) is 5.91 Å². The Bertz CT molecular complexity index is 1360. The molecular formula is C21H16N4O5S. The minimum absolute atomic E-state index is 0.0720. The lowest BCUT2D eigenvalue weighted by Gasteiger charge is -2.10. The molecular weight excluding hydrogens is 420 g/mol. The van der Waals surface area contributed by atoms with Crippen LogP contribution >= 0.6 is 11.3 Å². The number of nitrogens with zero attached hydrogens (tertiary/aromatic N) is 3. The number of rotatable bonds is 6. The van der Waals surface area contributed by atoms with E-state index >= 15 is 0 Å². The Morgan fingerprint density at radius 1 is 1.26 bits per heavy atom. The fourth-order valence-electron chi connectivity index (χ4n) is 3.17. The normalized spacial score (nSPS) is 10.7. The first-order chi connectivity index (χ1) is 15.0. The Morgan fingerprint density at radius 3 is 2.84 bits per heavy atom. The molecule has 10 heteroatoms. The van der Waals surface area contributed by atoms with E-state index in [9.17, 15) is 19.7 Å². The lowest BCUT2D eigenvalue weighted by Crippen LogP contribution is -2.27. The standard InChI is InChI=1S/C21H16N4O5S/c1-30-17-8-3-2-7-16(17)23-18(26)10-24-12-22-20-19(21(24)27)15(11-31-20)13-5-4-6-14(9-13)25(28)29/h2-9,11-12H,10H2,1H3,(H,23,26). The molecule has 0 saturated heterocycles. The Labute approximate surface area is 179 Å². The van der Waals surface area contributed by atoms with E-state index in [1.54, 1.807) is 41.8 Å². The van der Waals surface area contributed by atoms with Crippen LogP contribution in [0.15, 0.2) is 65.0 Å². The smallest absolute Gasteiger partial charge is 0.270 e. The third-order valence-corrected chi connectivity index (χ3v) is 5.51. The molecule has 0 saturated carbocycles. The molecule has 156 valence electrons. The summed E-state index contributed by atoms with van der Waals surface area (Å²) in [7, 11) is 1.50. The van der Waals surface area contributed by atoms with Crippen LogP contribution < -0.4 is 15.6 Å². The highest BCUT2D eigenvalue weighted by atomic mass is 32.1. The van der Waals surface area contributed by atoms with E-state index in [-0.39, 0.29) is 12.2 Å². The van der Waals surface area contributed by atoms with Crippen LogP contribution in [0.2, 0.25) is 0 Å². The summed E-state index contributed by atoms with van der Waals surface area (Å²) < 4.78 is 6.43. The van der Waals surface area contributed by atoms with Crippen molar-refractivity contribution >= 4 is 38.8 Å². The first-order valence-corrected chi connectivity index (χ1v) is 10.00. The predicted octanol–water partition coefficient (Wildman–Crippen LogP) is 3.68. The number of anilines is 1. The largest absolute Gasteiger partial charge is 0.495 e. The van der Waals surface area contributed by atoms with E-state index in [2.05, 4.69) is 10.3 Å². The van der Waals surface area contributed by atoms with Crippen LogP contribution in [-0.4, -0.2) is 27.5 Å². The molecule has 1 amide bonds. The van der Waals surface area contributed by atoms with Gasteiger partial charge in [-0.15, -0.1) is 11.3 Å². The maximum Gasteiger partial charge on any atom is 0.270 e. The maximum atomic E-state index is 13.1. The number of nitrogens with one attached hydrogen (secondary N) is 1. The van der Waals surface area contributed by atoms with Crippen LogP contribution in [0, 0.1) is 10.1 Å². The highest BCUT2D eigenvalue weighted by Gasteiger charge is 2.17. The topological polar surface area (TPSA) is 116 Å². The van der Waals surface area contributed by atoms with Gasteiger partial charge < -0.3 is 10.1 Å². The van der Waals surface area contributed by atoms with E-state index in [0.717, 1.165) is 0 Å². The molecule has 0 aliphatic heterocycles. The summed E-state index contributed by atoms with van der Waals surface area (Å²) in [5, 5.41) is 15.9. The number of nitro benzene ring substituents is 1. The van der Waals surface area contributed by atoms with Gasteiger partial charge in [0.15, 0.2) is 0 Å². The molecule has 9 nitrogen and oxygen atoms in total. The highest BCUT2D eigenvalue weighted by molar-refractivity contribution is 7.17. The number of thiophene rings is 1. The van der Waals surface area contributed by atoms with Crippen molar-refractivity contribution < 1.29 is 14.5 Å². The van der Waals surface area contributed by atoms with Crippen LogP contribution in [0.5, 0.6) is 5.75 Å². The minimum Gasteiger partial charge on any atom is -0.495 e. The Hall–Kier alpha value is -4.05. The summed E-state index contributed by atoms with van der Waals surface area (Å²) in [5.74, 6) is 0.0856. The van der Waals surface area contributed by atoms with Gasteiger partial charge in [-0.3, -0.25) is 24.3 Å². The van der Waals surface area contributed by atoms with Gasteiger partial charge in [-0.25, -0.2) is 4.98 Å². The number of ether oxygens (including phenoxy) is 1. The van der Waals surface area contributed by atoms with Crippen molar-refractivity contribution in [3.05, 3.63) is 80.7 Å². The van der Waals surface area contributed by atoms with Crippen LogP contribution in [0.4, 0.5) is 11.4 Å². The quantitative estimate of drug-likeness (QED) is 0.364. The van der Waals surface area contributed by atoms with Gasteiger partial charge in [0, 0.05) is 23.1 Å². The lowest BCUT2D eigenvalue weighted by atomic mass is 10.1. The maximum absolute atomic E-state index is 13.1. The summed E-state index contributed by atoms with van der Waals surface area (Å²) in [4.78, 5) is 41.0. The second kappa shape index (κ2) is 8.36. The number of hydrogen-bond donors (Lipinski definition) is 1. The number of carbonyl (C=O) groups excluding carboxylic acids is 1. The molecule has 4 aromatic rings. The molecule has 0 aliphatic rings. The number of nitro groups is 1. The molecule has 0 radical (unpaired) electrons. The van der Waals surface area contributed by atoms with Crippen molar-refractivity contribution in [1.29, 1.82) is 0 Å². The number of benzene rings is 2. The first kappa shape index (κ1) is 20.2. The number of amides is 1. The molecule has 0 fully saturated rings. The van der Waals surface area contributed by atoms with E-state index in [0.29, 0.717) is 32.8 Å². The zero-order valence-corrected chi connectivity index (χ0v) is 17.1. The second-order valence-corrected chi connectivity index (χ2v) is 7.42. The van der Waals surface area contributed by atoms with Crippen LogP contribution in [-0.2, 0) is 11.3 Å². The molecule has 31 heavy (non-hydrogen) atoms. The number of non-ortho nitro benzene ring substituents is 1. The number of methoxy groups -OCH3 is 1. The number of fused-ring (bicyclic) bond motifs is 1. The number of aromatic nitrogens is 2. The van der Waals surface area contributed by atoms with E-state index in [1.807, 2.05) is 0 Å². The molecule has 0 atom stereocenters. The highest BCUT2D eigenvalue weighted by Crippen LogP contribution is 2.32. The van der Waals surface area contributed by atoms with Gasteiger partial charge in [0.25, 0.3) is 11.2 Å². The Kier molecular flexibility index (Phi) is 5.46. The third kappa shape index (κ3) is 4.01. The van der Waals surface area contributed by atoms with Gasteiger partial charge in [-0.2, -0.15) is 0 Å². The summed E-state index contributed by atoms with van der Waals surface area (Å²) in [6.07, 6.45) is 1.32. The molecule has 2 aromatic carbocycles. The fourth-order valence-corrected chi connectivity index (χ4v) is 4.08. The molecule has 0 bridgehead atoms. The van der Waals surface area contributed by atoms with Gasteiger partial charge in [-0.1, -0.05) is 24.3 Å². The van der Waals surface area contributed by atoms with E-state index in [4.69, 9.17) is 4.74 Å². The monoisotopic (exact) mass is 436 g/mol. The number of carbonyl (C=O) groups is 1. The SMILES string of the molecule is COc1ccccc1NC(=O)Cn1cnc2scc(-c3cccc([N+](=O)[O-])c3)c2c1=O. The zero-order chi connectivity index (χ0) is 22.0. The Morgan fingerprint density at radius 2 is 2.06 bits per heavy atom. The fraction of sp³-hybridized carbons (Fsp3) is 0.0952. The zero-order valence-electron chi connectivity index (χ0n) is 16.3. The van der Waals surface area contributed by atoms with Gasteiger partial charge in [0.05, 0.1) is 29.4 Å². The Balaban J connectivity index is 1.68. The van der Waals surface area contributed by atoms with Crippen LogP contribution in [0.25, 0.3) is 21.3 Å². The van der Waals surface area contributed by atoms with Crippen LogP contribution in [0.1, 0.15) is 0 Å². The number of para-hydroxylation sites is 2. The molecule has 0 spiro atoms. The van der Waals surface area contributed by atoms with Crippen molar-refractivity contribution in [2.24, 2.45) is 0 Å². The third-order valence-electron chi connectivity index (χ3n) is 4.62. The molecule has 0 unspecified atom stereocenters. The molecule has 2 heterocycles. The molecule has 2 aromatic heterocycles.